The molecule has 0 amide bonds. The van der Waals surface area contributed by atoms with Gasteiger partial charge in [-0.2, -0.15) is 12.8 Å². The number of nitrogens with one attached hydrogen (secondary N) is 2. The van der Waals surface area contributed by atoms with Gasteiger partial charge in [0.2, 0.25) is 0 Å². The van der Waals surface area contributed by atoms with E-state index in [0.717, 1.165) is 22.4 Å². The lowest BCUT2D eigenvalue weighted by Gasteiger charge is -2.13. The van der Waals surface area contributed by atoms with Gasteiger partial charge in [-0.15, -0.1) is 0 Å². The largest absolute Gasteiger partial charge is 0.508 e. The SMILES string of the molecule is Cc1ccc(S(=O)(=O)[NH+]=C(Nc2cc(C(C)C)c(O)cc2C)c2ccccc2)cc1. The standard InChI is InChI=1S/C24H26N2O3S/c1-16(2)21-15-22(18(4)14-23(21)27)25-24(19-8-6-5-7-9-19)26-30(28,29)20-12-10-17(3)11-13-20/h5-16,27H,1-4H3,(H,25,26)/p+1. The fourth-order valence-electron chi connectivity index (χ4n) is 3.11. The number of rotatable bonds is 5. The third-order valence-electron chi connectivity index (χ3n) is 4.89. The van der Waals surface area contributed by atoms with Gasteiger partial charge in [0.25, 0.3) is 5.84 Å². The highest BCUT2D eigenvalue weighted by Crippen LogP contribution is 2.31. The van der Waals surface area contributed by atoms with Crippen molar-refractivity contribution in [3.8, 4) is 5.75 Å². The van der Waals surface area contributed by atoms with Gasteiger partial charge in [0.15, 0.2) is 0 Å². The number of phenols is 1. The van der Waals surface area contributed by atoms with Crippen molar-refractivity contribution in [2.75, 3.05) is 5.32 Å². The molecule has 0 bridgehead atoms. The van der Waals surface area contributed by atoms with Gasteiger partial charge in [0.05, 0.1) is 5.56 Å². The van der Waals surface area contributed by atoms with Crippen LogP contribution in [0.15, 0.2) is 71.6 Å². The van der Waals surface area contributed by atoms with Crippen molar-refractivity contribution in [3.05, 3.63) is 89.0 Å². The van der Waals surface area contributed by atoms with Gasteiger partial charge in [-0.05, 0) is 61.7 Å². The maximum atomic E-state index is 13.0. The highest BCUT2D eigenvalue weighted by molar-refractivity contribution is 7.84. The van der Waals surface area contributed by atoms with Gasteiger partial charge in [-0.1, -0.05) is 49.7 Å². The lowest BCUT2D eigenvalue weighted by molar-refractivity contribution is -0.266. The van der Waals surface area contributed by atoms with Crippen LogP contribution in [0.3, 0.4) is 0 Å². The Morgan fingerprint density at radius 1 is 0.967 bits per heavy atom. The summed E-state index contributed by atoms with van der Waals surface area (Å²) in [7, 11) is -3.79. The Bertz CT molecular complexity index is 1170. The van der Waals surface area contributed by atoms with Crippen LogP contribution in [0.1, 0.15) is 42.0 Å². The molecule has 3 aromatic carbocycles. The molecule has 30 heavy (non-hydrogen) atoms. The minimum Gasteiger partial charge on any atom is -0.508 e. The Hall–Kier alpha value is -3.12. The number of amidine groups is 1. The molecule has 0 aliphatic heterocycles. The lowest BCUT2D eigenvalue weighted by atomic mass is 9.99. The molecule has 3 rings (SSSR count). The Labute approximate surface area is 178 Å². The van der Waals surface area contributed by atoms with Crippen LogP contribution >= 0.6 is 0 Å². The Morgan fingerprint density at radius 3 is 2.20 bits per heavy atom. The Morgan fingerprint density at radius 2 is 1.60 bits per heavy atom. The maximum Gasteiger partial charge on any atom is 0.328 e. The van der Waals surface area contributed by atoms with Crippen LogP contribution in [0.2, 0.25) is 0 Å². The van der Waals surface area contributed by atoms with Crippen molar-refractivity contribution in [1.82, 2.24) is 0 Å². The van der Waals surface area contributed by atoms with E-state index >= 15 is 0 Å². The molecule has 0 aliphatic carbocycles. The number of anilines is 1. The first-order chi connectivity index (χ1) is 14.2. The number of aryl methyl sites for hydroxylation is 2. The van der Waals surface area contributed by atoms with Crippen molar-refractivity contribution >= 4 is 21.5 Å². The van der Waals surface area contributed by atoms with Crippen LogP contribution < -0.4 is 9.71 Å². The molecule has 0 heterocycles. The maximum absolute atomic E-state index is 13.0. The van der Waals surface area contributed by atoms with E-state index in [1.165, 1.54) is 0 Å². The van der Waals surface area contributed by atoms with Gasteiger partial charge in [-0.3, -0.25) is 0 Å². The molecule has 3 aromatic rings. The molecular formula is C24H27N2O3S+. The second-order valence-electron chi connectivity index (χ2n) is 7.67. The molecule has 0 unspecified atom stereocenters. The average Bonchev–Trinajstić information content (AvgIpc) is 2.70. The summed E-state index contributed by atoms with van der Waals surface area (Å²) in [6.07, 6.45) is 0. The normalized spacial score (nSPS) is 12.2. The zero-order chi connectivity index (χ0) is 21.9. The van der Waals surface area contributed by atoms with Gasteiger partial charge in [0, 0.05) is 5.56 Å². The number of sulfonamides is 1. The minimum atomic E-state index is -3.79. The fourth-order valence-corrected chi connectivity index (χ4v) is 4.16. The summed E-state index contributed by atoms with van der Waals surface area (Å²) in [5.41, 5.74) is 4.01. The zero-order valence-electron chi connectivity index (χ0n) is 17.6. The van der Waals surface area contributed by atoms with E-state index in [1.54, 1.807) is 30.3 Å². The number of phenolic OH excluding ortho intramolecular Hbond substituents is 1. The van der Waals surface area contributed by atoms with Crippen molar-refractivity contribution in [2.24, 2.45) is 0 Å². The Balaban J connectivity index is 2.10. The van der Waals surface area contributed by atoms with Gasteiger partial charge < -0.3 is 5.11 Å². The predicted molar refractivity (Wildman–Crippen MR) is 120 cm³/mol. The highest BCUT2D eigenvalue weighted by Gasteiger charge is 2.22. The van der Waals surface area contributed by atoms with Crippen molar-refractivity contribution in [2.45, 2.75) is 38.5 Å². The zero-order valence-corrected chi connectivity index (χ0v) is 18.4. The molecule has 3 N–H and O–H groups in total. The van der Waals surface area contributed by atoms with Crippen LogP contribution in [-0.2, 0) is 10.0 Å². The molecule has 0 saturated heterocycles. The quantitative estimate of drug-likeness (QED) is 0.334. The summed E-state index contributed by atoms with van der Waals surface area (Å²) in [4.78, 5) is 0.189. The smallest absolute Gasteiger partial charge is 0.328 e. The molecule has 5 nitrogen and oxygen atoms in total. The number of hydrogen-bond acceptors (Lipinski definition) is 3. The molecule has 0 radical (unpaired) electrons. The van der Waals surface area contributed by atoms with E-state index in [4.69, 9.17) is 0 Å². The highest BCUT2D eigenvalue weighted by atomic mass is 32.2. The molecule has 0 fully saturated rings. The van der Waals surface area contributed by atoms with E-state index in [1.807, 2.05) is 64.1 Å². The van der Waals surface area contributed by atoms with Gasteiger partial charge >= 0.3 is 10.0 Å². The van der Waals surface area contributed by atoms with Crippen LogP contribution in [0.25, 0.3) is 0 Å². The molecule has 0 aliphatic rings. The summed E-state index contributed by atoms with van der Waals surface area (Å²) in [6, 6.07) is 19.5. The monoisotopic (exact) mass is 423 g/mol. The van der Waals surface area contributed by atoms with E-state index in [0.29, 0.717) is 11.4 Å². The van der Waals surface area contributed by atoms with Crippen LogP contribution in [0, 0.1) is 13.8 Å². The summed E-state index contributed by atoms with van der Waals surface area (Å²) >= 11 is 0. The molecule has 0 spiro atoms. The van der Waals surface area contributed by atoms with Gasteiger partial charge in [0.1, 0.15) is 16.3 Å². The van der Waals surface area contributed by atoms with E-state index in [9.17, 15) is 13.5 Å². The van der Waals surface area contributed by atoms with Gasteiger partial charge in [-0.25, -0.2) is 5.32 Å². The number of aromatic hydroxyl groups is 1. The summed E-state index contributed by atoms with van der Waals surface area (Å²) < 4.78 is 28.7. The predicted octanol–water partition coefficient (Wildman–Crippen LogP) is 3.46. The Kier molecular flexibility index (Phi) is 6.27. The number of hydrogen-bond donors (Lipinski definition) is 3. The number of benzene rings is 3. The lowest BCUT2D eigenvalue weighted by Crippen LogP contribution is -2.78. The van der Waals surface area contributed by atoms with E-state index < -0.39 is 10.0 Å². The van der Waals surface area contributed by atoms with Crippen molar-refractivity contribution in [1.29, 1.82) is 0 Å². The van der Waals surface area contributed by atoms with Crippen molar-refractivity contribution < 1.29 is 17.9 Å². The molecule has 0 saturated carbocycles. The third kappa shape index (κ3) is 4.89. The summed E-state index contributed by atoms with van der Waals surface area (Å²) in [5.74, 6) is 0.699. The average molecular weight is 424 g/mol. The first-order valence-electron chi connectivity index (χ1n) is 9.80. The fraction of sp³-hybridized carbons (Fsp3) is 0.208. The van der Waals surface area contributed by atoms with Crippen LogP contribution in [0.5, 0.6) is 5.75 Å². The van der Waals surface area contributed by atoms with Crippen LogP contribution in [0.4, 0.5) is 5.69 Å². The first kappa shape index (κ1) is 21.6. The molecule has 0 aromatic heterocycles. The van der Waals surface area contributed by atoms with Crippen molar-refractivity contribution in [3.63, 3.8) is 0 Å². The summed E-state index contributed by atoms with van der Waals surface area (Å²) in [6.45, 7) is 7.77. The molecule has 6 heteroatoms. The van der Waals surface area contributed by atoms with E-state index in [2.05, 4.69) is 9.71 Å². The van der Waals surface area contributed by atoms with Crippen LogP contribution in [-0.4, -0.2) is 19.4 Å². The topological polar surface area (TPSA) is 80.4 Å². The first-order valence-corrected chi connectivity index (χ1v) is 11.3. The second kappa shape index (κ2) is 8.71. The summed E-state index contributed by atoms with van der Waals surface area (Å²) in [5, 5.41) is 13.5. The molecular weight excluding hydrogens is 396 g/mol. The third-order valence-corrected chi connectivity index (χ3v) is 6.25. The second-order valence-corrected chi connectivity index (χ2v) is 9.35. The molecule has 0 atom stereocenters. The minimum absolute atomic E-state index is 0.121. The van der Waals surface area contributed by atoms with E-state index in [-0.39, 0.29) is 16.6 Å². The molecule has 156 valence electrons.